The summed E-state index contributed by atoms with van der Waals surface area (Å²) in [5, 5.41) is 0.766. The SMILES string of the molecule is Nc1nc(-c2cncc(-n3ccc4cc(C(=O)N5CCC(F)(F)CC5)cnc43)c2)c[nH]1. The van der Waals surface area contributed by atoms with Crippen molar-refractivity contribution in [1.29, 1.82) is 0 Å². The number of hydrogen-bond acceptors (Lipinski definition) is 5. The molecule has 0 spiro atoms. The van der Waals surface area contributed by atoms with Crippen molar-refractivity contribution in [2.75, 3.05) is 18.8 Å². The van der Waals surface area contributed by atoms with Crippen molar-refractivity contribution in [2.24, 2.45) is 0 Å². The summed E-state index contributed by atoms with van der Waals surface area (Å²) < 4.78 is 28.6. The highest BCUT2D eigenvalue weighted by Crippen LogP contribution is 2.29. The number of fused-ring (bicyclic) bond motifs is 1. The van der Waals surface area contributed by atoms with Gasteiger partial charge in [0.1, 0.15) is 5.65 Å². The molecule has 3 N–H and O–H groups in total. The molecule has 8 nitrogen and oxygen atoms in total. The topological polar surface area (TPSA) is 106 Å². The summed E-state index contributed by atoms with van der Waals surface area (Å²) in [7, 11) is 0. The first-order chi connectivity index (χ1) is 14.9. The minimum Gasteiger partial charge on any atom is -0.369 e. The van der Waals surface area contributed by atoms with E-state index < -0.39 is 5.92 Å². The van der Waals surface area contributed by atoms with E-state index in [0.29, 0.717) is 22.9 Å². The van der Waals surface area contributed by atoms with E-state index in [1.54, 1.807) is 24.7 Å². The molecule has 158 valence electrons. The Balaban J connectivity index is 1.43. The Bertz CT molecular complexity index is 1270. The number of imidazole rings is 1. The summed E-state index contributed by atoms with van der Waals surface area (Å²) >= 11 is 0. The molecule has 0 radical (unpaired) electrons. The first-order valence-electron chi connectivity index (χ1n) is 9.80. The summed E-state index contributed by atoms with van der Waals surface area (Å²) in [6, 6.07) is 5.50. The van der Waals surface area contributed by atoms with E-state index in [0.717, 1.165) is 16.6 Å². The van der Waals surface area contributed by atoms with Crippen LogP contribution in [0, 0.1) is 0 Å². The van der Waals surface area contributed by atoms with E-state index in [1.165, 1.54) is 11.1 Å². The van der Waals surface area contributed by atoms with Gasteiger partial charge >= 0.3 is 0 Å². The van der Waals surface area contributed by atoms with Crippen LogP contribution in [0.4, 0.5) is 14.7 Å². The predicted molar refractivity (Wildman–Crippen MR) is 111 cm³/mol. The van der Waals surface area contributed by atoms with Crippen LogP contribution in [-0.4, -0.2) is 54.3 Å². The number of rotatable bonds is 3. The predicted octanol–water partition coefficient (Wildman–Crippen LogP) is 3.26. The molecule has 4 aromatic heterocycles. The van der Waals surface area contributed by atoms with Crippen LogP contribution in [0.15, 0.2) is 49.2 Å². The molecule has 5 heterocycles. The molecule has 31 heavy (non-hydrogen) atoms. The number of carbonyl (C=O) groups excluding carboxylic acids is 1. The molecule has 0 aliphatic carbocycles. The third kappa shape index (κ3) is 3.60. The molecule has 1 aliphatic rings. The average molecular weight is 423 g/mol. The van der Waals surface area contributed by atoms with Crippen molar-refractivity contribution < 1.29 is 13.6 Å². The largest absolute Gasteiger partial charge is 0.369 e. The number of nitrogen functional groups attached to an aromatic ring is 1. The van der Waals surface area contributed by atoms with E-state index in [4.69, 9.17) is 5.73 Å². The molecule has 1 aliphatic heterocycles. The van der Waals surface area contributed by atoms with E-state index in [-0.39, 0.29) is 31.8 Å². The van der Waals surface area contributed by atoms with Gasteiger partial charge in [-0.15, -0.1) is 0 Å². The number of pyridine rings is 2. The molecule has 5 rings (SSSR count). The number of aromatic nitrogens is 5. The first-order valence-corrected chi connectivity index (χ1v) is 9.80. The second-order valence-electron chi connectivity index (χ2n) is 7.57. The molecular formula is C21H19F2N7O. The summed E-state index contributed by atoms with van der Waals surface area (Å²) in [5.41, 5.74) is 8.94. The van der Waals surface area contributed by atoms with Crippen LogP contribution in [0.1, 0.15) is 23.2 Å². The number of likely N-dealkylation sites (tertiary alicyclic amines) is 1. The lowest BCUT2D eigenvalue weighted by Crippen LogP contribution is -2.42. The van der Waals surface area contributed by atoms with Crippen molar-refractivity contribution in [2.45, 2.75) is 18.8 Å². The molecule has 1 saturated heterocycles. The number of H-pyrrole nitrogens is 1. The number of aromatic amines is 1. The van der Waals surface area contributed by atoms with Gasteiger partial charge in [-0.1, -0.05) is 0 Å². The highest BCUT2D eigenvalue weighted by atomic mass is 19.3. The fourth-order valence-electron chi connectivity index (χ4n) is 3.75. The van der Waals surface area contributed by atoms with Crippen LogP contribution in [0.2, 0.25) is 0 Å². The highest BCUT2D eigenvalue weighted by molar-refractivity contribution is 5.97. The van der Waals surface area contributed by atoms with Crippen molar-refractivity contribution in [1.82, 2.24) is 29.4 Å². The Morgan fingerprint density at radius 3 is 2.71 bits per heavy atom. The third-order valence-electron chi connectivity index (χ3n) is 5.45. The summed E-state index contributed by atoms with van der Waals surface area (Å²) in [6.07, 6.45) is 7.81. The third-order valence-corrected chi connectivity index (χ3v) is 5.45. The number of anilines is 1. The van der Waals surface area contributed by atoms with Gasteiger partial charge in [-0.3, -0.25) is 14.3 Å². The average Bonchev–Trinajstić information content (AvgIpc) is 3.39. The zero-order chi connectivity index (χ0) is 21.6. The molecule has 0 unspecified atom stereocenters. The number of piperidine rings is 1. The fraction of sp³-hybridized carbons (Fsp3) is 0.238. The number of carbonyl (C=O) groups is 1. The number of amides is 1. The minimum absolute atomic E-state index is 0.0427. The Hall–Kier alpha value is -3.82. The summed E-state index contributed by atoms with van der Waals surface area (Å²) in [4.78, 5) is 30.0. The Labute approximate surface area is 175 Å². The number of nitrogens with one attached hydrogen (secondary N) is 1. The number of halogens is 2. The van der Waals surface area contributed by atoms with Crippen molar-refractivity contribution in [3.63, 3.8) is 0 Å². The molecule has 4 aromatic rings. The Morgan fingerprint density at radius 2 is 1.97 bits per heavy atom. The zero-order valence-corrected chi connectivity index (χ0v) is 16.4. The lowest BCUT2D eigenvalue weighted by Gasteiger charge is -2.31. The highest BCUT2D eigenvalue weighted by Gasteiger charge is 2.35. The van der Waals surface area contributed by atoms with Gasteiger partial charge in [-0.05, 0) is 18.2 Å². The van der Waals surface area contributed by atoms with Crippen LogP contribution < -0.4 is 5.73 Å². The standard InChI is InChI=1S/C21H19F2N7O/c22-21(23)2-5-29(6-3-21)19(31)15-7-13-1-4-30(18(13)26-10-15)16-8-14(9-25-11-16)17-12-27-20(24)28-17/h1,4,7-12H,2-3,5-6H2,(H3,24,27,28). The lowest BCUT2D eigenvalue weighted by molar-refractivity contribution is -0.0494. The maximum Gasteiger partial charge on any atom is 0.255 e. The molecule has 0 saturated carbocycles. The maximum absolute atomic E-state index is 13.4. The second kappa shape index (κ2) is 7.15. The van der Waals surface area contributed by atoms with Crippen LogP contribution in [0.25, 0.3) is 28.0 Å². The molecule has 0 aromatic carbocycles. The molecule has 10 heteroatoms. The van der Waals surface area contributed by atoms with Crippen molar-refractivity contribution in [3.8, 4) is 16.9 Å². The van der Waals surface area contributed by atoms with Gasteiger partial charge in [-0.2, -0.15) is 0 Å². The Morgan fingerprint density at radius 1 is 1.16 bits per heavy atom. The number of nitrogens with two attached hydrogens (primary N) is 1. The molecule has 1 fully saturated rings. The summed E-state index contributed by atoms with van der Waals surface area (Å²) in [6.45, 7) is 0.0854. The molecule has 0 bridgehead atoms. The van der Waals surface area contributed by atoms with E-state index in [1.807, 2.05) is 22.9 Å². The number of hydrogen-bond donors (Lipinski definition) is 2. The zero-order valence-electron chi connectivity index (χ0n) is 16.4. The smallest absolute Gasteiger partial charge is 0.255 e. The van der Waals surface area contributed by atoms with Gasteiger partial charge in [0.2, 0.25) is 0 Å². The van der Waals surface area contributed by atoms with Crippen molar-refractivity contribution in [3.05, 3.63) is 54.7 Å². The van der Waals surface area contributed by atoms with Gasteiger partial charge in [0.05, 0.1) is 23.1 Å². The second-order valence-corrected chi connectivity index (χ2v) is 7.57. The van der Waals surface area contributed by atoms with Crippen LogP contribution in [-0.2, 0) is 0 Å². The Kier molecular flexibility index (Phi) is 4.42. The van der Waals surface area contributed by atoms with E-state index in [9.17, 15) is 13.6 Å². The van der Waals surface area contributed by atoms with Gasteiger partial charge in [-0.25, -0.2) is 18.7 Å². The molecule has 0 atom stereocenters. The van der Waals surface area contributed by atoms with E-state index >= 15 is 0 Å². The fourth-order valence-corrected chi connectivity index (χ4v) is 3.75. The van der Waals surface area contributed by atoms with Crippen LogP contribution >= 0.6 is 0 Å². The monoisotopic (exact) mass is 423 g/mol. The van der Waals surface area contributed by atoms with Crippen LogP contribution in [0.5, 0.6) is 0 Å². The van der Waals surface area contributed by atoms with Gasteiger partial charge in [0.15, 0.2) is 5.95 Å². The molecule has 1 amide bonds. The number of alkyl halides is 2. The molecular weight excluding hydrogens is 404 g/mol. The first kappa shape index (κ1) is 19.2. The van der Waals surface area contributed by atoms with Gasteiger partial charge < -0.3 is 15.6 Å². The summed E-state index contributed by atoms with van der Waals surface area (Å²) in [5.74, 6) is -2.65. The van der Waals surface area contributed by atoms with Gasteiger partial charge in [0.25, 0.3) is 11.8 Å². The van der Waals surface area contributed by atoms with Crippen molar-refractivity contribution >= 4 is 22.9 Å². The quantitative estimate of drug-likeness (QED) is 0.526. The lowest BCUT2D eigenvalue weighted by atomic mass is 10.1. The van der Waals surface area contributed by atoms with Crippen LogP contribution in [0.3, 0.4) is 0 Å². The maximum atomic E-state index is 13.4. The van der Waals surface area contributed by atoms with Gasteiger partial charge in [0, 0.05) is 61.7 Å². The number of nitrogens with zero attached hydrogens (tertiary/aromatic N) is 5. The van der Waals surface area contributed by atoms with E-state index in [2.05, 4.69) is 19.9 Å². The minimum atomic E-state index is -2.69. The normalized spacial score (nSPS) is 16.0.